The summed E-state index contributed by atoms with van der Waals surface area (Å²) in [5.41, 5.74) is 7.18. The number of benzene rings is 1. The van der Waals surface area contributed by atoms with Crippen LogP contribution in [0.3, 0.4) is 0 Å². The lowest BCUT2D eigenvalue weighted by Gasteiger charge is -2.36. The van der Waals surface area contributed by atoms with Crippen LogP contribution >= 0.6 is 24.0 Å². The van der Waals surface area contributed by atoms with E-state index in [1.807, 2.05) is 18.2 Å². The number of fused-ring (bicyclic) bond motifs is 1. The van der Waals surface area contributed by atoms with E-state index in [9.17, 15) is 0 Å². The Balaban J connectivity index is 0.00000176. The minimum atomic E-state index is 0. The molecule has 1 aliphatic heterocycles. The number of nitrogens with zero attached hydrogens (tertiary/aromatic N) is 1. The summed E-state index contributed by atoms with van der Waals surface area (Å²) in [6.07, 6.45) is 4.70. The highest BCUT2D eigenvalue weighted by atomic mass is 127. The van der Waals surface area contributed by atoms with Crippen LogP contribution in [0, 0.1) is 5.41 Å². The maximum atomic E-state index is 5.97. The minimum absolute atomic E-state index is 0. The van der Waals surface area contributed by atoms with Crippen LogP contribution in [-0.2, 0) is 0 Å². The average Bonchev–Trinajstić information content (AvgIpc) is 2.68. The van der Waals surface area contributed by atoms with Gasteiger partial charge in [-0.25, -0.2) is 0 Å². The Labute approximate surface area is 148 Å². The normalized spacial score (nSPS) is 19.4. The summed E-state index contributed by atoms with van der Waals surface area (Å²) in [5, 5.41) is 3.13. The molecule has 0 saturated heterocycles. The van der Waals surface area contributed by atoms with Gasteiger partial charge in [0.05, 0.1) is 13.2 Å². The van der Waals surface area contributed by atoms with Crippen LogP contribution in [-0.4, -0.2) is 25.7 Å². The van der Waals surface area contributed by atoms with Gasteiger partial charge in [-0.1, -0.05) is 13.3 Å². The number of hydrogen-bond donors (Lipinski definition) is 2. The molecular weight excluding hydrogens is 393 g/mol. The Bertz CT molecular complexity index is 544. The van der Waals surface area contributed by atoms with Crippen molar-refractivity contribution in [1.82, 2.24) is 0 Å². The highest BCUT2D eigenvalue weighted by Gasteiger charge is 2.31. The van der Waals surface area contributed by atoms with Crippen molar-refractivity contribution in [2.45, 2.75) is 32.6 Å². The van der Waals surface area contributed by atoms with Gasteiger partial charge in [0.1, 0.15) is 0 Å². The number of ether oxygens (including phenoxy) is 2. The number of rotatable bonds is 3. The molecule has 1 aromatic carbocycles. The molecule has 122 valence electrons. The summed E-state index contributed by atoms with van der Waals surface area (Å²) >= 11 is 0. The van der Waals surface area contributed by atoms with Gasteiger partial charge in [-0.2, -0.15) is 0 Å². The van der Waals surface area contributed by atoms with Gasteiger partial charge >= 0.3 is 0 Å². The first-order chi connectivity index (χ1) is 10.1. The second kappa shape index (κ2) is 7.39. The number of anilines is 1. The number of guanidine groups is 1. The lowest BCUT2D eigenvalue weighted by molar-refractivity contribution is 0.174. The predicted molar refractivity (Wildman–Crippen MR) is 99.5 cm³/mol. The molecule has 22 heavy (non-hydrogen) atoms. The summed E-state index contributed by atoms with van der Waals surface area (Å²) in [6, 6.07) is 5.75. The van der Waals surface area contributed by atoms with Gasteiger partial charge in [0.2, 0.25) is 0 Å². The minimum Gasteiger partial charge on any atom is -0.490 e. The molecule has 0 atom stereocenters. The predicted octanol–water partition coefficient (Wildman–Crippen LogP) is 3.38. The van der Waals surface area contributed by atoms with Gasteiger partial charge in [0, 0.05) is 24.7 Å². The average molecular weight is 417 g/mol. The van der Waals surface area contributed by atoms with Crippen LogP contribution in [0.1, 0.15) is 32.6 Å². The van der Waals surface area contributed by atoms with Crippen molar-refractivity contribution >= 4 is 35.6 Å². The van der Waals surface area contributed by atoms with Gasteiger partial charge in [0.25, 0.3) is 0 Å². The Morgan fingerprint density at radius 1 is 1.23 bits per heavy atom. The van der Waals surface area contributed by atoms with Gasteiger partial charge in [-0.15, -0.1) is 24.0 Å². The van der Waals surface area contributed by atoms with E-state index in [0.717, 1.165) is 30.2 Å². The van der Waals surface area contributed by atoms with Crippen molar-refractivity contribution in [2.24, 2.45) is 16.1 Å². The fraction of sp³-hybridized carbons (Fsp3) is 0.562. The Morgan fingerprint density at radius 3 is 2.64 bits per heavy atom. The van der Waals surface area contributed by atoms with Gasteiger partial charge in [-0.05, 0) is 30.4 Å². The third-order valence-corrected chi connectivity index (χ3v) is 4.21. The molecule has 0 aromatic heterocycles. The molecule has 3 rings (SSSR count). The Morgan fingerprint density at radius 2 is 1.95 bits per heavy atom. The summed E-state index contributed by atoms with van der Waals surface area (Å²) in [4.78, 5) is 4.46. The maximum Gasteiger partial charge on any atom is 0.193 e. The standard InChI is InChI=1S/C16H23N3O2.HI/c1-16(6-2-7-16)11-18-15(17)19-12-4-5-13-14(10-12)21-9-3-8-20-13;/h4-5,10H,2-3,6-9,11H2,1H3,(H3,17,18,19);1H. The first-order valence-electron chi connectivity index (χ1n) is 7.61. The van der Waals surface area contributed by atoms with Crippen LogP contribution < -0.4 is 20.5 Å². The topological polar surface area (TPSA) is 68.9 Å². The SMILES string of the molecule is CC1(CN=C(N)Nc2ccc3c(c2)OCCCO3)CCC1.I. The maximum absolute atomic E-state index is 5.97. The fourth-order valence-corrected chi connectivity index (χ4v) is 2.64. The third kappa shape index (κ3) is 4.18. The van der Waals surface area contributed by atoms with Gasteiger partial charge in [-0.3, -0.25) is 4.99 Å². The number of hydrogen-bond acceptors (Lipinski definition) is 3. The monoisotopic (exact) mass is 417 g/mol. The number of aliphatic imine (C=N–C) groups is 1. The molecule has 0 bridgehead atoms. The van der Waals surface area contributed by atoms with Gasteiger partial charge < -0.3 is 20.5 Å². The highest BCUT2D eigenvalue weighted by molar-refractivity contribution is 14.0. The van der Waals surface area contributed by atoms with Crippen molar-refractivity contribution in [3.8, 4) is 11.5 Å². The zero-order valence-corrected chi connectivity index (χ0v) is 15.3. The summed E-state index contributed by atoms with van der Waals surface area (Å²) in [5.74, 6) is 2.00. The van der Waals surface area contributed by atoms with E-state index in [2.05, 4.69) is 17.2 Å². The van der Waals surface area contributed by atoms with E-state index < -0.39 is 0 Å². The van der Waals surface area contributed by atoms with E-state index in [1.54, 1.807) is 0 Å². The van der Waals surface area contributed by atoms with Crippen LogP contribution in [0.25, 0.3) is 0 Å². The van der Waals surface area contributed by atoms with Crippen molar-refractivity contribution in [1.29, 1.82) is 0 Å². The molecule has 1 aliphatic carbocycles. The summed E-state index contributed by atoms with van der Waals surface area (Å²) in [7, 11) is 0. The third-order valence-electron chi connectivity index (χ3n) is 4.21. The molecule has 0 amide bonds. The van der Waals surface area contributed by atoms with E-state index in [1.165, 1.54) is 19.3 Å². The molecule has 1 saturated carbocycles. The summed E-state index contributed by atoms with van der Waals surface area (Å²) < 4.78 is 11.3. The van der Waals surface area contributed by atoms with E-state index in [0.29, 0.717) is 24.6 Å². The molecule has 1 aromatic rings. The van der Waals surface area contributed by atoms with E-state index in [-0.39, 0.29) is 24.0 Å². The van der Waals surface area contributed by atoms with Crippen LogP contribution in [0.15, 0.2) is 23.2 Å². The molecule has 2 aliphatic rings. The Hall–Kier alpha value is -1.18. The second-order valence-electron chi connectivity index (χ2n) is 6.20. The first kappa shape index (κ1) is 17.2. The van der Waals surface area contributed by atoms with Crippen LogP contribution in [0.5, 0.6) is 11.5 Å². The van der Waals surface area contributed by atoms with Crippen molar-refractivity contribution < 1.29 is 9.47 Å². The number of nitrogens with two attached hydrogens (primary N) is 1. The van der Waals surface area contributed by atoms with Crippen molar-refractivity contribution in [3.05, 3.63) is 18.2 Å². The lowest BCUT2D eigenvalue weighted by atomic mass is 9.71. The number of nitrogens with one attached hydrogen (secondary N) is 1. The zero-order valence-electron chi connectivity index (χ0n) is 12.9. The molecule has 5 nitrogen and oxygen atoms in total. The molecule has 1 heterocycles. The second-order valence-corrected chi connectivity index (χ2v) is 6.20. The largest absolute Gasteiger partial charge is 0.490 e. The molecular formula is C16H24IN3O2. The zero-order chi connectivity index (χ0) is 14.7. The molecule has 0 radical (unpaired) electrons. The molecule has 1 fully saturated rings. The van der Waals surface area contributed by atoms with Gasteiger partial charge in [0.15, 0.2) is 17.5 Å². The lowest BCUT2D eigenvalue weighted by Crippen LogP contribution is -2.31. The number of halogens is 1. The van der Waals surface area contributed by atoms with Crippen molar-refractivity contribution in [2.75, 3.05) is 25.1 Å². The highest BCUT2D eigenvalue weighted by Crippen LogP contribution is 2.40. The summed E-state index contributed by atoms with van der Waals surface area (Å²) in [6.45, 7) is 4.43. The van der Waals surface area contributed by atoms with E-state index in [4.69, 9.17) is 15.2 Å². The molecule has 0 spiro atoms. The Kier molecular flexibility index (Phi) is 5.77. The van der Waals surface area contributed by atoms with Crippen LogP contribution in [0.2, 0.25) is 0 Å². The fourth-order valence-electron chi connectivity index (χ4n) is 2.64. The van der Waals surface area contributed by atoms with Crippen LogP contribution in [0.4, 0.5) is 5.69 Å². The smallest absolute Gasteiger partial charge is 0.193 e. The molecule has 0 unspecified atom stereocenters. The quantitative estimate of drug-likeness (QED) is 0.450. The molecule has 6 heteroatoms. The van der Waals surface area contributed by atoms with E-state index >= 15 is 0 Å². The first-order valence-corrected chi connectivity index (χ1v) is 7.61. The molecule has 3 N–H and O–H groups in total. The van der Waals surface area contributed by atoms with Crippen molar-refractivity contribution in [3.63, 3.8) is 0 Å².